The third-order valence-corrected chi connectivity index (χ3v) is 21.9. The number of ketones is 1. The van der Waals surface area contributed by atoms with Crippen LogP contribution in [0.5, 0.6) is 0 Å². The topological polar surface area (TPSA) is 634 Å². The summed E-state index contributed by atoms with van der Waals surface area (Å²) in [5.74, 6) is -22.2. The zero-order valence-corrected chi connectivity index (χ0v) is 71.4. The molecule has 0 aliphatic carbocycles. The molecule has 15 atom stereocenters. The lowest BCUT2D eigenvalue weighted by Gasteiger charge is -2.34. The Labute approximate surface area is 712 Å². The molecule has 3 heterocycles. The number of para-hydroxylation sites is 1. The number of halogens is 1. The Morgan fingerprint density at radius 2 is 1.33 bits per heavy atom. The normalized spacial score (nSPS) is 20.4. The number of cyclic esters (lactones) is 1. The molecule has 2 fully saturated rings. The highest BCUT2D eigenvalue weighted by Crippen LogP contribution is 2.26. The Balaban J connectivity index is 1.35. The van der Waals surface area contributed by atoms with Crippen molar-refractivity contribution in [2.24, 2.45) is 35.0 Å². The molecule has 43 heteroatoms. The minimum atomic E-state index is -5.44. The van der Waals surface area contributed by atoms with Crippen LogP contribution >= 0.6 is 15.9 Å². The van der Waals surface area contributed by atoms with Crippen LogP contribution in [-0.2, 0) is 116 Å². The second kappa shape index (κ2) is 46.1. The number of primary amides is 2. The first kappa shape index (κ1) is 98.8. The second-order valence-corrected chi connectivity index (χ2v) is 33.3. The SMILES string of the molecule is CC(NC=O)C(=O)NC(Cc1ccc(Br)cc1)C(=O)N1CCCC1C(=O)NC(C(=O)CC(C(=O)NC(Cc1c[nH]c2ccccc12)C(=O)NC(CCCNC(=N)N)C(=O)NC(CS(=O)(=O)O)C(=O)NC1C(=O)N(C)C(CCC(N)=O)C(=O)NC(Cc2ccccc2)C(=O)NC(C(C)O)C(=O)NC(CC(N)=O)C(=O)N(C)CC(=O)OC1C)C(C)C)C(C)C. The molecular weight excluding hydrogens is 1680 g/mol. The zero-order chi connectivity index (χ0) is 90.7. The number of aliphatic hydroxyl groups is 1. The van der Waals surface area contributed by atoms with Crippen molar-refractivity contribution < 1.29 is 104 Å². The summed E-state index contributed by atoms with van der Waals surface area (Å²) in [6, 6.07) is 1.21. The Morgan fingerprint density at radius 1 is 0.705 bits per heavy atom. The maximum Gasteiger partial charge on any atom is 0.325 e. The van der Waals surface area contributed by atoms with Crippen molar-refractivity contribution in [3.8, 4) is 0 Å². The van der Waals surface area contributed by atoms with Crippen LogP contribution in [0.3, 0.4) is 0 Å². The standard InChI is InChI=1S/C79H110BrN19O22S/c1-40(2)50(34-60(102)64(41(3)4)94-74(113)59-22-16-30-99(59)77(116)55(91-67(106)42(5)87-39-100)32-46-23-25-48(80)26-24-46)68(107)89-54(33-47-36-86-51-20-14-13-19-49(47)51)70(109)88-52(21-15-29-85-79(83)84)69(108)93-57(38-122(118,119)120)72(111)96-66-44(7)121-63(105)37-97(8)76(115)56(35-62(82)104)92-75(114)65(43(6)101)95-71(110)53(31-45-17-11-10-12-18-45)90-73(112)58(27-28-61(81)103)98(9)78(66)117/h10-14,17-20,23-26,36,39-44,50,52-59,64-66,86,101H,15-16,21-22,27-35,37-38H2,1-9H3,(H2,81,103)(H2,82,104)(H,87,100)(H,88,109)(H,89,107)(H,90,112)(H,91,106)(H,92,114)(H,93,108)(H,94,113)(H,95,110)(H,96,111)(H4,83,84,85)(H,118,119,120). The number of nitrogens with two attached hydrogens (primary N) is 3. The number of carbonyl (C=O) groups is 17. The van der Waals surface area contributed by atoms with Gasteiger partial charge in [0.1, 0.15) is 84.9 Å². The van der Waals surface area contributed by atoms with E-state index in [1.807, 2.05) is 0 Å². The fourth-order valence-electron chi connectivity index (χ4n) is 13.9. The summed E-state index contributed by atoms with van der Waals surface area (Å²) in [6.45, 7) is 8.91. The summed E-state index contributed by atoms with van der Waals surface area (Å²) < 4.78 is 43.0. The largest absolute Gasteiger partial charge is 0.459 e. The number of Topliss-reactive ketones (excluding diaryl/α,β-unsaturated/α-hetero) is 1. The van der Waals surface area contributed by atoms with Gasteiger partial charge >= 0.3 is 5.97 Å². The summed E-state index contributed by atoms with van der Waals surface area (Å²) in [6.07, 6.45) is -5.44. The van der Waals surface area contributed by atoms with Crippen LogP contribution in [0.15, 0.2) is 89.5 Å². The number of amides is 15. The van der Waals surface area contributed by atoms with E-state index in [0.717, 1.165) is 32.4 Å². The highest BCUT2D eigenvalue weighted by molar-refractivity contribution is 9.10. The van der Waals surface area contributed by atoms with Crippen molar-refractivity contribution in [1.29, 1.82) is 5.41 Å². The van der Waals surface area contributed by atoms with Gasteiger partial charge in [-0.3, -0.25) is 91.5 Å². The number of aromatic amines is 1. The molecule has 4 aromatic rings. The minimum absolute atomic E-state index is 0.00154. The van der Waals surface area contributed by atoms with Crippen LogP contribution < -0.4 is 75.7 Å². The van der Waals surface area contributed by atoms with Crippen molar-refractivity contribution in [3.05, 3.63) is 106 Å². The Bertz CT molecular complexity index is 4590. The molecule has 3 aromatic carbocycles. The summed E-state index contributed by atoms with van der Waals surface area (Å²) in [5, 5.41) is 46.4. The predicted molar refractivity (Wildman–Crippen MR) is 443 cm³/mol. The fourth-order valence-corrected chi connectivity index (χ4v) is 14.8. The number of H-pyrrole nitrogens is 1. The molecule has 0 bridgehead atoms. The number of aromatic nitrogens is 1. The molecule has 122 heavy (non-hydrogen) atoms. The van der Waals surface area contributed by atoms with Crippen LogP contribution in [0.25, 0.3) is 10.9 Å². The van der Waals surface area contributed by atoms with Gasteiger partial charge in [0, 0.05) is 86.8 Å². The number of likely N-dealkylation sites (N-methyl/N-ethyl adjacent to an activating group) is 2. The molecule has 0 saturated carbocycles. The Hall–Kier alpha value is -12.0. The van der Waals surface area contributed by atoms with Gasteiger partial charge in [-0.05, 0) is 99.6 Å². The van der Waals surface area contributed by atoms with E-state index in [0.29, 0.717) is 50.2 Å². The number of likely N-dealkylation sites (tertiary alicyclic amines) is 1. The molecule has 15 unspecified atom stereocenters. The lowest BCUT2D eigenvalue weighted by atomic mass is 9.85. The van der Waals surface area contributed by atoms with Gasteiger partial charge in [-0.2, -0.15) is 8.42 Å². The lowest BCUT2D eigenvalue weighted by Crippen LogP contribution is -2.63. The first-order valence-corrected chi connectivity index (χ1v) is 41.9. The molecule has 2 saturated heterocycles. The number of fused-ring (bicyclic) bond motifs is 1. The molecule has 2 aliphatic rings. The maximum atomic E-state index is 15.3. The number of esters is 1. The Kier molecular flexibility index (Phi) is 37.4. The second-order valence-electron chi connectivity index (χ2n) is 30.9. The number of aliphatic hydroxyl groups excluding tert-OH is 1. The molecular formula is C79H110BrN19O22S. The summed E-state index contributed by atoms with van der Waals surface area (Å²) in [4.78, 5) is 246. The van der Waals surface area contributed by atoms with Crippen LogP contribution in [0.2, 0.25) is 0 Å². The summed E-state index contributed by atoms with van der Waals surface area (Å²) in [5.41, 5.74) is 18.7. The number of guanidine groups is 1. The number of hydrogen-bond acceptors (Lipinski definition) is 22. The van der Waals surface area contributed by atoms with Gasteiger partial charge in [-0.1, -0.05) is 104 Å². The monoisotopic (exact) mass is 1790 g/mol. The highest BCUT2D eigenvalue weighted by atomic mass is 79.9. The molecule has 15 amide bonds. The third kappa shape index (κ3) is 29.7. The maximum absolute atomic E-state index is 15.3. The van der Waals surface area contributed by atoms with E-state index in [4.69, 9.17) is 27.3 Å². The molecule has 21 N–H and O–H groups in total. The van der Waals surface area contributed by atoms with Crippen molar-refractivity contribution >= 4 is 144 Å². The van der Waals surface area contributed by atoms with Gasteiger partial charge in [0.15, 0.2) is 11.7 Å². The number of rotatable bonds is 38. The van der Waals surface area contributed by atoms with E-state index in [1.165, 1.54) is 11.8 Å². The number of nitrogens with zero attached hydrogens (tertiary/aromatic N) is 3. The van der Waals surface area contributed by atoms with E-state index in [9.17, 15) is 75.6 Å². The quantitative estimate of drug-likeness (QED) is 0.00512. The molecule has 2 aliphatic heterocycles. The number of nitrogens with one attached hydrogen (secondary N) is 13. The van der Waals surface area contributed by atoms with E-state index >= 15 is 24.0 Å². The van der Waals surface area contributed by atoms with Crippen molar-refractivity contribution in [2.45, 2.75) is 204 Å². The van der Waals surface area contributed by atoms with Gasteiger partial charge in [0.2, 0.25) is 89.1 Å². The molecule has 6 rings (SSSR count). The van der Waals surface area contributed by atoms with Crippen molar-refractivity contribution in [2.75, 3.05) is 39.5 Å². The van der Waals surface area contributed by atoms with Crippen LogP contribution in [0.4, 0.5) is 0 Å². The average molecular weight is 1790 g/mol. The summed E-state index contributed by atoms with van der Waals surface area (Å²) >= 11 is 3.39. The first-order valence-electron chi connectivity index (χ1n) is 39.5. The molecule has 1 aromatic heterocycles. The third-order valence-electron chi connectivity index (χ3n) is 20.6. The Morgan fingerprint density at radius 3 is 1.94 bits per heavy atom. The fraction of sp³-hybridized carbons (Fsp3) is 0.519. The number of ether oxygens (including phenoxy) is 1. The minimum Gasteiger partial charge on any atom is -0.459 e. The molecule has 0 radical (unpaired) electrons. The van der Waals surface area contributed by atoms with E-state index in [-0.39, 0.29) is 45.2 Å². The van der Waals surface area contributed by atoms with Crippen LogP contribution in [0, 0.1) is 23.2 Å². The van der Waals surface area contributed by atoms with E-state index in [2.05, 4.69) is 79.4 Å². The van der Waals surface area contributed by atoms with Gasteiger partial charge < -0.3 is 105 Å². The van der Waals surface area contributed by atoms with Gasteiger partial charge in [0.25, 0.3) is 10.1 Å². The van der Waals surface area contributed by atoms with Gasteiger partial charge in [0.05, 0.1) is 18.6 Å². The van der Waals surface area contributed by atoms with Crippen LogP contribution in [0.1, 0.15) is 117 Å². The highest BCUT2D eigenvalue weighted by Gasteiger charge is 2.45. The predicted octanol–water partition coefficient (Wildman–Crippen LogP) is -3.76. The van der Waals surface area contributed by atoms with Crippen LogP contribution in [-0.4, -0.2) is 269 Å². The van der Waals surface area contributed by atoms with E-state index < -0.39 is 257 Å². The van der Waals surface area contributed by atoms with Crippen molar-refractivity contribution in [1.82, 2.24) is 78.2 Å². The summed E-state index contributed by atoms with van der Waals surface area (Å²) in [7, 11) is -3.46. The zero-order valence-electron chi connectivity index (χ0n) is 69.0. The lowest BCUT2D eigenvalue weighted by molar-refractivity contribution is -0.158. The number of carbonyl (C=O) groups excluding carboxylic acids is 17. The van der Waals surface area contributed by atoms with Gasteiger partial charge in [-0.15, -0.1) is 0 Å². The molecule has 666 valence electrons. The smallest absolute Gasteiger partial charge is 0.325 e. The van der Waals surface area contributed by atoms with Gasteiger partial charge in [-0.25, -0.2) is 0 Å². The molecule has 41 nitrogen and oxygen atoms in total. The first-order chi connectivity index (χ1) is 57.4. The average Bonchev–Trinajstić information content (AvgIpc) is 1.59. The molecule has 0 spiro atoms. The van der Waals surface area contributed by atoms with Crippen molar-refractivity contribution in [3.63, 3.8) is 0 Å². The number of hydrogen-bond donors (Lipinski definition) is 18. The van der Waals surface area contributed by atoms with E-state index in [1.54, 1.807) is 113 Å². The number of benzene rings is 3.